The van der Waals surface area contributed by atoms with Gasteiger partial charge in [-0.2, -0.15) is 13.2 Å². The van der Waals surface area contributed by atoms with Gasteiger partial charge < -0.3 is 5.32 Å². The Balaban J connectivity index is 1.80. The van der Waals surface area contributed by atoms with Crippen molar-refractivity contribution < 1.29 is 18.0 Å². The number of alkyl halides is 3. The van der Waals surface area contributed by atoms with Crippen LogP contribution in [0.5, 0.6) is 0 Å². The van der Waals surface area contributed by atoms with Crippen LogP contribution in [0.2, 0.25) is 5.02 Å². The standard InChI is InChI=1S/C18H11ClF3N3OS/c19-13-8-6-11(7-9-13)14-10-27-16-24-17(18(20,21)22,23-15(26)25(14)16)12-4-2-1-3-5-12/h1-10H,(H,23,26)/t17-/m0/s1. The molecule has 9 heteroatoms. The molecule has 0 saturated heterocycles. The number of amides is 2. The third-order valence-electron chi connectivity index (χ3n) is 4.20. The molecule has 0 unspecified atom stereocenters. The first-order chi connectivity index (χ1) is 12.8. The predicted molar refractivity (Wildman–Crippen MR) is 99.0 cm³/mol. The molecule has 0 aromatic heterocycles. The van der Waals surface area contributed by atoms with Crippen molar-refractivity contribution in [3.8, 4) is 0 Å². The fourth-order valence-electron chi connectivity index (χ4n) is 2.90. The molecule has 2 aromatic rings. The topological polar surface area (TPSA) is 44.7 Å². The van der Waals surface area contributed by atoms with Gasteiger partial charge in [0.1, 0.15) is 0 Å². The van der Waals surface area contributed by atoms with Crippen molar-refractivity contribution in [3.63, 3.8) is 0 Å². The van der Waals surface area contributed by atoms with Crippen LogP contribution in [0.3, 0.4) is 0 Å². The third kappa shape index (κ3) is 2.89. The molecule has 4 nitrogen and oxygen atoms in total. The van der Waals surface area contributed by atoms with Gasteiger partial charge in [-0.1, -0.05) is 65.8 Å². The number of amidine groups is 1. The monoisotopic (exact) mass is 409 g/mol. The number of halogens is 4. The predicted octanol–water partition coefficient (Wildman–Crippen LogP) is 5.18. The average Bonchev–Trinajstić information content (AvgIpc) is 3.06. The molecule has 2 aliphatic heterocycles. The SMILES string of the molecule is O=C1N[C@](c2ccccc2)(C(F)(F)F)N=C2SC=C(c3ccc(Cl)cc3)N12. The lowest BCUT2D eigenvalue weighted by Gasteiger charge is -2.39. The molecule has 2 aromatic carbocycles. The minimum Gasteiger partial charge on any atom is -0.301 e. The Morgan fingerprint density at radius 3 is 2.37 bits per heavy atom. The summed E-state index contributed by atoms with van der Waals surface area (Å²) in [4.78, 5) is 17.8. The summed E-state index contributed by atoms with van der Waals surface area (Å²) in [7, 11) is 0. The smallest absolute Gasteiger partial charge is 0.301 e. The summed E-state index contributed by atoms with van der Waals surface area (Å²) in [5, 5.41) is 4.14. The van der Waals surface area contributed by atoms with E-state index in [1.54, 1.807) is 35.7 Å². The van der Waals surface area contributed by atoms with Crippen molar-refractivity contribution in [1.82, 2.24) is 10.2 Å². The minimum absolute atomic E-state index is 0.0371. The van der Waals surface area contributed by atoms with E-state index >= 15 is 0 Å². The van der Waals surface area contributed by atoms with Crippen molar-refractivity contribution >= 4 is 40.3 Å². The number of urea groups is 1. The Bertz CT molecular complexity index is 960. The van der Waals surface area contributed by atoms with Crippen LogP contribution in [0.15, 0.2) is 65.0 Å². The van der Waals surface area contributed by atoms with Crippen LogP contribution >= 0.6 is 23.4 Å². The van der Waals surface area contributed by atoms with Crippen LogP contribution < -0.4 is 5.32 Å². The van der Waals surface area contributed by atoms with Crippen molar-refractivity contribution in [2.75, 3.05) is 0 Å². The number of nitrogens with one attached hydrogen (secondary N) is 1. The van der Waals surface area contributed by atoms with E-state index in [4.69, 9.17) is 11.6 Å². The van der Waals surface area contributed by atoms with Crippen LogP contribution in [0, 0.1) is 0 Å². The number of rotatable bonds is 2. The quantitative estimate of drug-likeness (QED) is 0.742. The van der Waals surface area contributed by atoms with E-state index in [2.05, 4.69) is 10.3 Å². The molecule has 2 amide bonds. The second-order valence-corrected chi connectivity index (χ2v) is 7.13. The van der Waals surface area contributed by atoms with Gasteiger partial charge in [-0.3, -0.25) is 0 Å². The molecule has 0 spiro atoms. The van der Waals surface area contributed by atoms with Gasteiger partial charge in [0.05, 0.1) is 5.70 Å². The van der Waals surface area contributed by atoms with Gasteiger partial charge in [0.2, 0.25) is 0 Å². The summed E-state index contributed by atoms with van der Waals surface area (Å²) < 4.78 is 42.0. The van der Waals surface area contributed by atoms with Gasteiger partial charge in [0.25, 0.3) is 5.66 Å². The first-order valence-electron chi connectivity index (χ1n) is 7.79. The molecule has 0 radical (unpaired) electrons. The van der Waals surface area contributed by atoms with E-state index in [0.717, 1.165) is 16.7 Å². The Kier molecular flexibility index (Phi) is 4.20. The summed E-state index contributed by atoms with van der Waals surface area (Å²) in [6.45, 7) is 0. The number of carbonyl (C=O) groups excluding carboxylic acids is 1. The molecule has 138 valence electrons. The van der Waals surface area contributed by atoms with Crippen LogP contribution in [0.1, 0.15) is 11.1 Å². The van der Waals surface area contributed by atoms with Crippen LogP contribution in [0.25, 0.3) is 5.70 Å². The molecular weight excluding hydrogens is 399 g/mol. The van der Waals surface area contributed by atoms with Gasteiger partial charge >= 0.3 is 12.2 Å². The highest BCUT2D eigenvalue weighted by Gasteiger charge is 2.61. The van der Waals surface area contributed by atoms with Gasteiger partial charge in [-0.25, -0.2) is 14.7 Å². The Labute approximate surface area is 161 Å². The molecular formula is C18H11ClF3N3OS. The molecule has 0 bridgehead atoms. The second kappa shape index (κ2) is 6.31. The zero-order valence-corrected chi connectivity index (χ0v) is 15.1. The first-order valence-corrected chi connectivity index (χ1v) is 9.05. The van der Waals surface area contributed by atoms with Crippen molar-refractivity contribution in [2.45, 2.75) is 11.8 Å². The molecule has 0 fully saturated rings. The fraction of sp³-hybridized carbons (Fsp3) is 0.111. The summed E-state index contributed by atoms with van der Waals surface area (Å²) in [6.07, 6.45) is -4.81. The zero-order chi connectivity index (χ0) is 19.2. The number of nitrogens with zero attached hydrogens (tertiary/aromatic N) is 2. The summed E-state index contributed by atoms with van der Waals surface area (Å²) in [5.41, 5.74) is -1.89. The highest BCUT2D eigenvalue weighted by molar-refractivity contribution is 8.16. The van der Waals surface area contributed by atoms with Crippen LogP contribution in [-0.4, -0.2) is 22.3 Å². The first kappa shape index (κ1) is 17.9. The second-order valence-electron chi connectivity index (χ2n) is 5.86. The van der Waals surface area contributed by atoms with Crippen LogP contribution in [0.4, 0.5) is 18.0 Å². The molecule has 1 atom stereocenters. The molecule has 1 N–H and O–H groups in total. The minimum atomic E-state index is -4.81. The third-order valence-corrected chi connectivity index (χ3v) is 5.28. The fourth-order valence-corrected chi connectivity index (χ4v) is 3.96. The maximum Gasteiger partial charge on any atom is 0.436 e. The van der Waals surface area contributed by atoms with E-state index in [0.29, 0.717) is 16.3 Å². The van der Waals surface area contributed by atoms with Crippen molar-refractivity contribution in [3.05, 3.63) is 76.2 Å². The lowest BCUT2D eigenvalue weighted by Crippen LogP contribution is -2.61. The molecule has 2 aliphatic rings. The average molecular weight is 410 g/mol. The summed E-state index contributed by atoms with van der Waals surface area (Å²) in [5.74, 6) is 0. The van der Waals surface area contributed by atoms with Gasteiger partial charge in [0, 0.05) is 16.0 Å². The number of benzene rings is 2. The number of hydrogen-bond acceptors (Lipinski definition) is 3. The molecule has 2 heterocycles. The summed E-state index contributed by atoms with van der Waals surface area (Å²) in [6, 6.07) is 12.9. The number of aliphatic imine (C=N–C) groups is 1. The highest BCUT2D eigenvalue weighted by Crippen LogP contribution is 2.46. The van der Waals surface area contributed by atoms with Gasteiger partial charge in [-0.05, 0) is 17.7 Å². The van der Waals surface area contributed by atoms with E-state index < -0.39 is 17.9 Å². The largest absolute Gasteiger partial charge is 0.436 e. The lowest BCUT2D eigenvalue weighted by atomic mass is 9.98. The lowest BCUT2D eigenvalue weighted by molar-refractivity contribution is -0.196. The van der Waals surface area contributed by atoms with E-state index in [1.165, 1.54) is 24.3 Å². The molecule has 4 rings (SSSR count). The molecule has 27 heavy (non-hydrogen) atoms. The van der Waals surface area contributed by atoms with E-state index in [1.807, 2.05) is 0 Å². The summed E-state index contributed by atoms with van der Waals surface area (Å²) >= 11 is 6.84. The number of carbonyl (C=O) groups is 1. The molecule has 0 saturated carbocycles. The maximum absolute atomic E-state index is 14.0. The maximum atomic E-state index is 14.0. The normalized spacial score (nSPS) is 22.1. The van der Waals surface area contributed by atoms with E-state index in [-0.39, 0.29) is 10.7 Å². The Hall–Kier alpha value is -2.45. The number of thioether (sulfide) groups is 1. The number of hydrogen-bond donors (Lipinski definition) is 1. The van der Waals surface area contributed by atoms with Crippen molar-refractivity contribution in [1.29, 1.82) is 0 Å². The van der Waals surface area contributed by atoms with Crippen LogP contribution in [-0.2, 0) is 5.66 Å². The Morgan fingerprint density at radius 1 is 1.07 bits per heavy atom. The van der Waals surface area contributed by atoms with E-state index in [9.17, 15) is 18.0 Å². The highest BCUT2D eigenvalue weighted by atomic mass is 35.5. The van der Waals surface area contributed by atoms with Gasteiger partial charge in [-0.15, -0.1) is 0 Å². The zero-order valence-electron chi connectivity index (χ0n) is 13.5. The number of fused-ring (bicyclic) bond motifs is 1. The van der Waals surface area contributed by atoms with Gasteiger partial charge in [0.15, 0.2) is 5.17 Å². The van der Waals surface area contributed by atoms with Crippen molar-refractivity contribution in [2.24, 2.45) is 4.99 Å². The Morgan fingerprint density at radius 2 is 1.74 bits per heavy atom. The molecule has 0 aliphatic carbocycles.